The molecule has 0 radical (unpaired) electrons. The highest BCUT2D eigenvalue weighted by molar-refractivity contribution is 7.89. The molecule has 8 heteroatoms. The zero-order valence-corrected chi connectivity index (χ0v) is 12.4. The van der Waals surface area contributed by atoms with Gasteiger partial charge in [-0.3, -0.25) is 0 Å². The van der Waals surface area contributed by atoms with E-state index in [4.69, 9.17) is 15.0 Å². The largest absolute Gasteiger partial charge is 0.492 e. The van der Waals surface area contributed by atoms with Crippen LogP contribution in [0.25, 0.3) is 0 Å². The summed E-state index contributed by atoms with van der Waals surface area (Å²) >= 11 is 0. The van der Waals surface area contributed by atoms with Crippen LogP contribution in [0, 0.1) is 6.92 Å². The van der Waals surface area contributed by atoms with Gasteiger partial charge in [-0.25, -0.2) is 13.1 Å². The maximum Gasteiger partial charge on any atom is 0.215 e. The van der Waals surface area contributed by atoms with Crippen molar-refractivity contribution in [2.45, 2.75) is 13.5 Å². The molecule has 0 bridgehead atoms. The van der Waals surface area contributed by atoms with Crippen LogP contribution < -0.4 is 15.2 Å². The molecule has 0 unspecified atom stereocenters. The van der Waals surface area contributed by atoms with Crippen molar-refractivity contribution < 1.29 is 17.7 Å². The summed E-state index contributed by atoms with van der Waals surface area (Å²) in [6, 6.07) is 8.43. The Kier molecular flexibility index (Phi) is 4.81. The van der Waals surface area contributed by atoms with Crippen LogP contribution in [0.2, 0.25) is 0 Å². The number of anilines is 1. The van der Waals surface area contributed by atoms with E-state index in [1.165, 1.54) is 0 Å². The minimum Gasteiger partial charge on any atom is -0.492 e. The maximum atomic E-state index is 11.8. The highest BCUT2D eigenvalue weighted by Crippen LogP contribution is 2.12. The molecule has 0 fully saturated rings. The van der Waals surface area contributed by atoms with Crippen molar-refractivity contribution in [1.29, 1.82) is 0 Å². The number of hydrogen-bond acceptors (Lipinski definition) is 6. The van der Waals surface area contributed by atoms with Gasteiger partial charge < -0.3 is 15.0 Å². The van der Waals surface area contributed by atoms with Crippen molar-refractivity contribution >= 4 is 15.7 Å². The van der Waals surface area contributed by atoms with Crippen LogP contribution in [0.5, 0.6) is 5.75 Å². The molecule has 1 heterocycles. The third kappa shape index (κ3) is 5.09. The number of nitrogens with two attached hydrogens (primary N) is 1. The fourth-order valence-electron chi connectivity index (χ4n) is 1.59. The topological polar surface area (TPSA) is 107 Å². The fourth-order valence-corrected chi connectivity index (χ4v) is 2.40. The number of hydrogen-bond donors (Lipinski definition) is 2. The molecule has 2 rings (SSSR count). The molecular weight excluding hydrogens is 294 g/mol. The van der Waals surface area contributed by atoms with E-state index in [0.717, 1.165) is 0 Å². The molecule has 3 N–H and O–H groups in total. The van der Waals surface area contributed by atoms with Crippen molar-refractivity contribution in [3.05, 3.63) is 41.8 Å². The van der Waals surface area contributed by atoms with Crippen molar-refractivity contribution in [3.8, 4) is 5.75 Å². The van der Waals surface area contributed by atoms with Crippen molar-refractivity contribution in [1.82, 2.24) is 9.88 Å². The molecule has 0 spiro atoms. The zero-order valence-electron chi connectivity index (χ0n) is 11.6. The number of aromatic nitrogens is 1. The summed E-state index contributed by atoms with van der Waals surface area (Å²) in [5.41, 5.74) is 6.87. The second kappa shape index (κ2) is 6.59. The number of nitrogen functional groups attached to an aromatic ring is 1. The molecule has 1 aromatic carbocycles. The standard InChI is InChI=1S/C13H17N3O4S/c1-10-8-13(20-16-10)9-15-21(17,18)7-6-19-12-4-2-11(14)3-5-12/h2-5,8,15H,6-7,9,14H2,1H3. The fraction of sp³-hybridized carbons (Fsp3) is 0.308. The number of nitrogens with zero attached hydrogens (tertiary/aromatic N) is 1. The minimum absolute atomic E-state index is 0.0503. The number of rotatable bonds is 7. The Labute approximate surface area is 123 Å². The van der Waals surface area contributed by atoms with E-state index in [1.54, 1.807) is 37.3 Å². The van der Waals surface area contributed by atoms with Crippen molar-refractivity contribution in [2.24, 2.45) is 0 Å². The second-order valence-corrected chi connectivity index (χ2v) is 6.42. The lowest BCUT2D eigenvalue weighted by molar-refractivity contribution is 0.340. The first-order chi connectivity index (χ1) is 9.94. The molecule has 0 aliphatic heterocycles. The Morgan fingerprint density at radius 2 is 2.05 bits per heavy atom. The predicted octanol–water partition coefficient (Wildman–Crippen LogP) is 1.06. The summed E-state index contributed by atoms with van der Waals surface area (Å²) in [5.74, 6) is 0.894. The van der Waals surface area contributed by atoms with Crippen LogP contribution in [0.15, 0.2) is 34.9 Å². The smallest absolute Gasteiger partial charge is 0.215 e. The van der Waals surface area contributed by atoms with E-state index in [1.807, 2.05) is 0 Å². The van der Waals surface area contributed by atoms with Crippen LogP contribution >= 0.6 is 0 Å². The Morgan fingerprint density at radius 1 is 1.33 bits per heavy atom. The second-order valence-electron chi connectivity index (χ2n) is 4.49. The van der Waals surface area contributed by atoms with Crippen LogP contribution in [0.3, 0.4) is 0 Å². The van der Waals surface area contributed by atoms with Gasteiger partial charge in [0, 0.05) is 11.8 Å². The molecule has 0 saturated heterocycles. The Hall–Kier alpha value is -2.06. The molecular formula is C13H17N3O4S. The van der Waals surface area contributed by atoms with Gasteiger partial charge >= 0.3 is 0 Å². The SMILES string of the molecule is Cc1cc(CNS(=O)(=O)CCOc2ccc(N)cc2)on1. The Balaban J connectivity index is 1.77. The first-order valence-corrected chi connectivity index (χ1v) is 7.98. The highest BCUT2D eigenvalue weighted by atomic mass is 32.2. The summed E-state index contributed by atoms with van der Waals surface area (Å²) in [6.07, 6.45) is 0. The molecule has 0 aliphatic rings. The van der Waals surface area contributed by atoms with Gasteiger partial charge in [0.25, 0.3) is 0 Å². The van der Waals surface area contributed by atoms with Crippen LogP contribution in [-0.2, 0) is 16.6 Å². The maximum absolute atomic E-state index is 11.8. The molecule has 1 aromatic heterocycles. The summed E-state index contributed by atoms with van der Waals surface area (Å²) in [7, 11) is -3.44. The van der Waals surface area contributed by atoms with Gasteiger partial charge in [0.2, 0.25) is 10.0 Å². The van der Waals surface area contributed by atoms with E-state index in [0.29, 0.717) is 22.9 Å². The van der Waals surface area contributed by atoms with E-state index in [-0.39, 0.29) is 18.9 Å². The van der Waals surface area contributed by atoms with Gasteiger partial charge in [0.05, 0.1) is 18.0 Å². The number of sulfonamides is 1. The number of aryl methyl sites for hydroxylation is 1. The van der Waals surface area contributed by atoms with Crippen molar-refractivity contribution in [2.75, 3.05) is 18.1 Å². The summed E-state index contributed by atoms with van der Waals surface area (Å²) in [6.45, 7) is 1.89. The summed E-state index contributed by atoms with van der Waals surface area (Å²) in [4.78, 5) is 0. The van der Waals surface area contributed by atoms with Gasteiger partial charge in [0.1, 0.15) is 12.4 Å². The lowest BCUT2D eigenvalue weighted by atomic mass is 10.3. The molecule has 21 heavy (non-hydrogen) atoms. The van der Waals surface area contributed by atoms with E-state index < -0.39 is 10.0 Å². The Bertz CT molecular complexity index is 680. The number of benzene rings is 1. The molecule has 0 saturated carbocycles. The van der Waals surface area contributed by atoms with Crippen LogP contribution in [0.4, 0.5) is 5.69 Å². The third-order valence-electron chi connectivity index (χ3n) is 2.64. The highest BCUT2D eigenvalue weighted by Gasteiger charge is 2.12. The summed E-state index contributed by atoms with van der Waals surface area (Å²) in [5, 5.41) is 3.68. The van der Waals surface area contributed by atoms with E-state index in [2.05, 4.69) is 9.88 Å². The van der Waals surface area contributed by atoms with E-state index in [9.17, 15) is 8.42 Å². The quantitative estimate of drug-likeness (QED) is 0.740. The third-order valence-corrected chi connectivity index (χ3v) is 3.93. The molecule has 0 atom stereocenters. The lowest BCUT2D eigenvalue weighted by Crippen LogP contribution is -2.28. The monoisotopic (exact) mass is 311 g/mol. The van der Waals surface area contributed by atoms with Gasteiger partial charge in [-0.1, -0.05) is 5.16 Å². The first-order valence-electron chi connectivity index (χ1n) is 6.32. The number of ether oxygens (including phenoxy) is 1. The van der Waals surface area contributed by atoms with Crippen molar-refractivity contribution in [3.63, 3.8) is 0 Å². The van der Waals surface area contributed by atoms with Crippen LogP contribution in [-0.4, -0.2) is 25.9 Å². The minimum atomic E-state index is -3.44. The zero-order chi connectivity index (χ0) is 15.3. The normalized spacial score (nSPS) is 11.5. The molecule has 0 aliphatic carbocycles. The van der Waals surface area contributed by atoms with Gasteiger partial charge in [-0.15, -0.1) is 0 Å². The molecule has 0 amide bonds. The van der Waals surface area contributed by atoms with Gasteiger partial charge in [-0.05, 0) is 31.2 Å². The average Bonchev–Trinajstić information content (AvgIpc) is 2.85. The Morgan fingerprint density at radius 3 is 2.67 bits per heavy atom. The summed E-state index contributed by atoms with van der Waals surface area (Å²) < 4.78 is 36.3. The average molecular weight is 311 g/mol. The molecule has 114 valence electrons. The predicted molar refractivity (Wildman–Crippen MR) is 78.2 cm³/mol. The van der Waals surface area contributed by atoms with E-state index >= 15 is 0 Å². The lowest BCUT2D eigenvalue weighted by Gasteiger charge is -2.07. The van der Waals surface area contributed by atoms with Gasteiger partial charge in [-0.2, -0.15) is 0 Å². The number of nitrogens with one attached hydrogen (secondary N) is 1. The van der Waals surface area contributed by atoms with Crippen LogP contribution in [0.1, 0.15) is 11.5 Å². The van der Waals surface area contributed by atoms with Gasteiger partial charge in [0.15, 0.2) is 5.76 Å². The molecule has 7 nitrogen and oxygen atoms in total. The first kappa shape index (κ1) is 15.3. The molecule has 2 aromatic rings.